The number of thiazole rings is 1. The molecule has 1 fully saturated rings. The molecule has 41 heavy (non-hydrogen) atoms. The molecule has 12 heteroatoms. The Kier molecular flexibility index (Phi) is 9.64. The maximum Gasteiger partial charge on any atom is 0.338 e. The summed E-state index contributed by atoms with van der Waals surface area (Å²) >= 11 is 4.89. The van der Waals surface area contributed by atoms with Crippen LogP contribution in [-0.4, -0.2) is 83.0 Å². The summed E-state index contributed by atoms with van der Waals surface area (Å²) in [5, 5.41) is 15.9. The van der Waals surface area contributed by atoms with E-state index in [4.69, 9.17) is 9.73 Å². The van der Waals surface area contributed by atoms with E-state index < -0.39 is 29.8 Å². The monoisotopic (exact) mass is 645 g/mol. The van der Waals surface area contributed by atoms with E-state index in [-0.39, 0.29) is 6.61 Å². The van der Waals surface area contributed by atoms with Crippen LogP contribution in [0.5, 0.6) is 0 Å². The third kappa shape index (κ3) is 6.77. The van der Waals surface area contributed by atoms with Crippen molar-refractivity contribution < 1.29 is 23.8 Å². The average Bonchev–Trinajstić information content (AvgIpc) is 3.50. The molecule has 2 aliphatic heterocycles. The normalized spacial score (nSPS) is 21.1. The summed E-state index contributed by atoms with van der Waals surface area (Å²) in [5.74, 6) is -1.17. The van der Waals surface area contributed by atoms with Gasteiger partial charge >= 0.3 is 11.9 Å². The lowest BCUT2D eigenvalue weighted by molar-refractivity contribution is -0.142. The van der Waals surface area contributed by atoms with Crippen LogP contribution in [-0.2, 0) is 14.3 Å². The lowest BCUT2D eigenvalue weighted by Crippen LogP contribution is -2.54. The third-order valence-corrected chi connectivity index (χ3v) is 9.04. The minimum Gasteiger partial charge on any atom is -0.480 e. The summed E-state index contributed by atoms with van der Waals surface area (Å²) in [5.41, 5.74) is 2.65. The zero-order valence-electron chi connectivity index (χ0n) is 22.8. The number of piperazine rings is 1. The van der Waals surface area contributed by atoms with Gasteiger partial charge in [0.15, 0.2) is 10.8 Å². The Balaban J connectivity index is 1.43. The summed E-state index contributed by atoms with van der Waals surface area (Å²) in [6, 6.07) is 3.00. The number of benzene rings is 1. The number of amidine groups is 1. The second-order valence-corrected chi connectivity index (χ2v) is 11.9. The fourth-order valence-corrected chi connectivity index (χ4v) is 6.79. The number of nitrogens with one attached hydrogen (secondary N) is 1. The average molecular weight is 647 g/mol. The fraction of sp³-hybridized carbons (Fsp3) is 0.448. The van der Waals surface area contributed by atoms with Crippen LogP contribution >= 0.6 is 27.3 Å². The lowest BCUT2D eigenvalue weighted by Gasteiger charge is -2.40. The van der Waals surface area contributed by atoms with E-state index in [9.17, 15) is 19.1 Å². The molecule has 2 atom stereocenters. The van der Waals surface area contributed by atoms with Crippen molar-refractivity contribution in [3.8, 4) is 0 Å². The van der Waals surface area contributed by atoms with Gasteiger partial charge in [-0.15, -0.1) is 11.3 Å². The zero-order valence-corrected chi connectivity index (χ0v) is 25.2. The van der Waals surface area contributed by atoms with Gasteiger partial charge in [0.1, 0.15) is 17.9 Å². The minimum atomic E-state index is -0.801. The smallest absolute Gasteiger partial charge is 0.338 e. The number of ether oxygens (including phenoxy) is 1. The SMILES string of the molecule is CCOC(=O)C1=C(CN2CCN(C(C(=O)O)C3=CCCCC3)CC2)NC(c2nccs2)=NC1c1ccc(F)cc1Br. The molecule has 1 aromatic carbocycles. The van der Waals surface area contributed by atoms with Gasteiger partial charge in [-0.3, -0.25) is 19.6 Å². The number of hydrogen-bond donors (Lipinski definition) is 2. The highest BCUT2D eigenvalue weighted by atomic mass is 79.9. The maximum absolute atomic E-state index is 14.0. The van der Waals surface area contributed by atoms with E-state index in [1.165, 1.54) is 23.5 Å². The zero-order chi connectivity index (χ0) is 28.9. The summed E-state index contributed by atoms with van der Waals surface area (Å²) in [7, 11) is 0. The molecular weight excluding hydrogens is 613 g/mol. The number of aliphatic carboxylic acids is 1. The standard InChI is InChI=1S/C29H33BrFN5O4S/c1-2-40-29(39)23-22(17-35-11-13-36(14-12-35)25(28(37)38)18-6-4-3-5-7-18)33-26(27-32-10-15-41-27)34-24(23)20-9-8-19(31)16-21(20)30/h6,8-10,15-16,24-25H,2-5,7,11-14,17H2,1H3,(H,33,34)(H,37,38). The van der Waals surface area contributed by atoms with Gasteiger partial charge in [0.2, 0.25) is 0 Å². The van der Waals surface area contributed by atoms with Crippen molar-refractivity contribution in [3.05, 3.63) is 73.6 Å². The van der Waals surface area contributed by atoms with E-state index in [1.54, 1.807) is 19.2 Å². The van der Waals surface area contributed by atoms with Crippen molar-refractivity contribution in [2.45, 2.75) is 44.7 Å². The van der Waals surface area contributed by atoms with Crippen molar-refractivity contribution in [1.82, 2.24) is 20.1 Å². The summed E-state index contributed by atoms with van der Waals surface area (Å²) in [4.78, 5) is 39.2. The first-order chi connectivity index (χ1) is 19.9. The molecule has 3 aliphatic rings. The van der Waals surface area contributed by atoms with Gasteiger partial charge in [-0.05, 0) is 55.9 Å². The van der Waals surface area contributed by atoms with Gasteiger partial charge in [-0.2, -0.15) is 0 Å². The Morgan fingerprint density at radius 1 is 1.27 bits per heavy atom. The molecule has 0 bridgehead atoms. The first-order valence-electron chi connectivity index (χ1n) is 13.8. The topological polar surface area (TPSA) is 107 Å². The van der Waals surface area contributed by atoms with Crippen LogP contribution in [0.2, 0.25) is 0 Å². The molecule has 1 aliphatic carbocycles. The maximum atomic E-state index is 14.0. The van der Waals surface area contributed by atoms with Crippen LogP contribution in [0.1, 0.15) is 49.2 Å². The third-order valence-electron chi connectivity index (χ3n) is 7.58. The minimum absolute atomic E-state index is 0.196. The predicted molar refractivity (Wildman–Crippen MR) is 158 cm³/mol. The first-order valence-corrected chi connectivity index (χ1v) is 15.5. The Bertz CT molecular complexity index is 1370. The highest BCUT2D eigenvalue weighted by Crippen LogP contribution is 2.37. The van der Waals surface area contributed by atoms with Crippen molar-refractivity contribution in [3.63, 3.8) is 0 Å². The van der Waals surface area contributed by atoms with Crippen LogP contribution < -0.4 is 5.32 Å². The molecule has 2 aromatic rings. The molecule has 1 aromatic heterocycles. The number of halogens is 2. The first kappa shape index (κ1) is 29.6. The highest BCUT2D eigenvalue weighted by Gasteiger charge is 2.36. The number of aromatic nitrogens is 1. The van der Waals surface area contributed by atoms with Crippen molar-refractivity contribution in [1.29, 1.82) is 0 Å². The largest absolute Gasteiger partial charge is 0.480 e. The van der Waals surface area contributed by atoms with Crippen molar-refractivity contribution in [2.24, 2.45) is 4.99 Å². The molecule has 5 rings (SSSR count). The van der Waals surface area contributed by atoms with Crippen LogP contribution in [0.4, 0.5) is 4.39 Å². The van der Waals surface area contributed by atoms with Gasteiger partial charge in [-0.1, -0.05) is 28.1 Å². The Morgan fingerprint density at radius 3 is 2.71 bits per heavy atom. The van der Waals surface area contributed by atoms with Gasteiger partial charge in [0, 0.05) is 54.5 Å². The molecule has 0 saturated carbocycles. The van der Waals surface area contributed by atoms with E-state index in [0.29, 0.717) is 64.9 Å². The van der Waals surface area contributed by atoms with Crippen molar-refractivity contribution >= 4 is 45.0 Å². The molecule has 0 amide bonds. The number of carbonyl (C=O) groups is 2. The highest BCUT2D eigenvalue weighted by molar-refractivity contribution is 9.10. The van der Waals surface area contributed by atoms with Crippen LogP contribution in [0.15, 0.2) is 62.2 Å². The Morgan fingerprint density at radius 2 is 2.07 bits per heavy atom. The molecule has 1 saturated heterocycles. The predicted octanol–water partition coefficient (Wildman–Crippen LogP) is 4.52. The summed E-state index contributed by atoms with van der Waals surface area (Å²) < 4.78 is 20.0. The second kappa shape index (κ2) is 13.4. The van der Waals surface area contributed by atoms with Crippen LogP contribution in [0.3, 0.4) is 0 Å². The number of nitrogens with zero attached hydrogens (tertiary/aromatic N) is 4. The molecular formula is C29H33BrFN5O4S. The molecule has 2 N–H and O–H groups in total. The Hall–Kier alpha value is -2.93. The fourth-order valence-electron chi connectivity index (χ4n) is 5.63. The van der Waals surface area contributed by atoms with Crippen molar-refractivity contribution in [2.75, 3.05) is 39.3 Å². The molecule has 0 spiro atoms. The number of hydrogen-bond acceptors (Lipinski definition) is 9. The number of carbonyl (C=O) groups excluding carboxylic acids is 1. The molecule has 218 valence electrons. The number of esters is 1. The Labute approximate surface area is 250 Å². The lowest BCUT2D eigenvalue weighted by atomic mass is 9.92. The number of carboxylic acids is 1. The van der Waals surface area contributed by atoms with E-state index in [0.717, 1.165) is 31.3 Å². The molecule has 3 heterocycles. The number of rotatable bonds is 9. The van der Waals surface area contributed by atoms with Gasteiger partial charge in [-0.25, -0.2) is 14.2 Å². The van der Waals surface area contributed by atoms with Crippen LogP contribution in [0.25, 0.3) is 0 Å². The molecule has 2 unspecified atom stereocenters. The van der Waals surface area contributed by atoms with Gasteiger partial charge in [0.25, 0.3) is 0 Å². The van der Waals surface area contributed by atoms with Gasteiger partial charge < -0.3 is 15.2 Å². The number of aliphatic imine (C=N–C) groups is 1. The number of allylic oxidation sites excluding steroid dienone is 1. The van der Waals surface area contributed by atoms with E-state index >= 15 is 0 Å². The quantitative estimate of drug-likeness (QED) is 0.303. The molecule has 0 radical (unpaired) electrons. The van der Waals surface area contributed by atoms with Gasteiger partial charge in [0.05, 0.1) is 12.2 Å². The van der Waals surface area contributed by atoms with E-state index in [1.807, 2.05) is 10.3 Å². The second-order valence-electron chi connectivity index (χ2n) is 10.2. The number of carboxylic acid groups (broad SMARTS) is 1. The van der Waals surface area contributed by atoms with Crippen LogP contribution in [0, 0.1) is 5.82 Å². The summed E-state index contributed by atoms with van der Waals surface area (Å²) in [6.45, 7) is 4.80. The molecule has 9 nitrogen and oxygen atoms in total. The summed E-state index contributed by atoms with van der Waals surface area (Å²) in [6.07, 6.45) is 7.69. The van der Waals surface area contributed by atoms with E-state index in [2.05, 4.69) is 37.2 Å².